The Morgan fingerprint density at radius 1 is 0.806 bits per heavy atom. The van der Waals surface area contributed by atoms with E-state index in [4.69, 9.17) is 9.47 Å². The van der Waals surface area contributed by atoms with Gasteiger partial charge in [-0.15, -0.1) is 0 Å². The number of hydrogen-bond acceptors (Lipinski definition) is 5. The van der Waals surface area contributed by atoms with Crippen LogP contribution in [0.4, 0.5) is 9.59 Å². The van der Waals surface area contributed by atoms with E-state index >= 15 is 0 Å². The van der Waals surface area contributed by atoms with Crippen LogP contribution in [0.3, 0.4) is 0 Å². The third kappa shape index (κ3) is 5.40. The van der Waals surface area contributed by atoms with Gasteiger partial charge in [0.05, 0.1) is 0 Å². The highest BCUT2D eigenvalue weighted by atomic mass is 16.6. The van der Waals surface area contributed by atoms with Crippen molar-refractivity contribution in [3.8, 4) is 11.1 Å². The number of carboxylic acids is 1. The fraction of sp³-hybridized carbons (Fsp3) is 0.276. The molecule has 7 heteroatoms. The lowest BCUT2D eigenvalue weighted by atomic mass is 9.98. The fourth-order valence-electron chi connectivity index (χ4n) is 4.54. The van der Waals surface area contributed by atoms with Gasteiger partial charge in [-0.2, -0.15) is 4.90 Å². The Morgan fingerprint density at radius 2 is 1.33 bits per heavy atom. The maximum absolute atomic E-state index is 13.2. The summed E-state index contributed by atoms with van der Waals surface area (Å²) < 4.78 is 10.9. The maximum atomic E-state index is 13.2. The molecule has 1 N–H and O–H groups in total. The molecule has 0 unspecified atom stereocenters. The second-order valence-corrected chi connectivity index (χ2v) is 9.20. The molecule has 0 fully saturated rings. The third-order valence-corrected chi connectivity index (χ3v) is 6.23. The number of fused-ring (bicyclic) bond motifs is 3. The second-order valence-electron chi connectivity index (χ2n) is 9.20. The Labute approximate surface area is 210 Å². The number of ether oxygens (including phenoxy) is 2. The van der Waals surface area contributed by atoms with Gasteiger partial charge in [-0.3, -0.25) is 0 Å². The number of benzene rings is 3. The zero-order valence-corrected chi connectivity index (χ0v) is 20.3. The molecule has 0 aromatic heterocycles. The van der Waals surface area contributed by atoms with Crippen LogP contribution in [0.5, 0.6) is 0 Å². The molecule has 1 atom stereocenters. The first-order valence-corrected chi connectivity index (χ1v) is 11.9. The summed E-state index contributed by atoms with van der Waals surface area (Å²) in [5, 5.41) is 9.86. The van der Waals surface area contributed by atoms with Crippen molar-refractivity contribution < 1.29 is 29.0 Å². The first-order chi connectivity index (χ1) is 17.4. The zero-order valence-electron chi connectivity index (χ0n) is 20.3. The Kier molecular flexibility index (Phi) is 7.68. The van der Waals surface area contributed by atoms with E-state index in [9.17, 15) is 19.5 Å². The van der Waals surface area contributed by atoms with Gasteiger partial charge in [0, 0.05) is 5.92 Å². The van der Waals surface area contributed by atoms with Gasteiger partial charge in [-0.05, 0) is 40.2 Å². The first kappa shape index (κ1) is 25.0. The van der Waals surface area contributed by atoms with Gasteiger partial charge in [-0.25, -0.2) is 14.4 Å². The summed E-state index contributed by atoms with van der Waals surface area (Å²) in [7, 11) is 0. The Bertz CT molecular complexity index is 1190. The number of imide groups is 1. The molecule has 1 aliphatic rings. The lowest BCUT2D eigenvalue weighted by molar-refractivity contribution is -0.142. The van der Waals surface area contributed by atoms with Crippen LogP contribution >= 0.6 is 0 Å². The molecule has 3 aromatic rings. The third-order valence-electron chi connectivity index (χ3n) is 6.23. The highest BCUT2D eigenvalue weighted by molar-refractivity contribution is 5.93. The van der Waals surface area contributed by atoms with E-state index in [0.717, 1.165) is 22.3 Å². The molecule has 186 valence electrons. The van der Waals surface area contributed by atoms with Crippen molar-refractivity contribution in [2.45, 2.75) is 38.8 Å². The van der Waals surface area contributed by atoms with Gasteiger partial charge < -0.3 is 14.6 Å². The summed E-state index contributed by atoms with van der Waals surface area (Å²) in [6, 6.07) is 23.3. The van der Waals surface area contributed by atoms with Crippen LogP contribution in [0, 0.1) is 5.92 Å². The summed E-state index contributed by atoms with van der Waals surface area (Å²) in [4.78, 5) is 38.9. The van der Waals surface area contributed by atoms with E-state index < -0.39 is 24.2 Å². The molecule has 1 aliphatic carbocycles. The van der Waals surface area contributed by atoms with Gasteiger partial charge in [0.2, 0.25) is 0 Å². The van der Waals surface area contributed by atoms with Crippen LogP contribution in [0.1, 0.15) is 42.9 Å². The van der Waals surface area contributed by atoms with Crippen molar-refractivity contribution in [1.82, 2.24) is 4.90 Å². The molecule has 0 aliphatic heterocycles. The Morgan fingerprint density at radius 3 is 1.89 bits per heavy atom. The van der Waals surface area contributed by atoms with Crippen molar-refractivity contribution in [3.63, 3.8) is 0 Å². The highest BCUT2D eigenvalue weighted by Gasteiger charge is 2.39. The minimum Gasteiger partial charge on any atom is -0.480 e. The molecule has 0 radical (unpaired) electrons. The lowest BCUT2D eigenvalue weighted by Gasteiger charge is -2.27. The van der Waals surface area contributed by atoms with Crippen molar-refractivity contribution in [2.75, 3.05) is 6.61 Å². The van der Waals surface area contributed by atoms with E-state index in [2.05, 4.69) is 0 Å². The smallest absolute Gasteiger partial charge is 0.420 e. The van der Waals surface area contributed by atoms with Crippen molar-refractivity contribution in [2.24, 2.45) is 5.92 Å². The molecule has 3 aromatic carbocycles. The predicted octanol–water partition coefficient (Wildman–Crippen LogP) is 6.07. The molecule has 0 saturated carbocycles. The minimum atomic E-state index is -1.41. The Hall–Kier alpha value is -4.13. The lowest BCUT2D eigenvalue weighted by Crippen LogP contribution is -2.50. The van der Waals surface area contributed by atoms with Crippen molar-refractivity contribution in [1.29, 1.82) is 0 Å². The van der Waals surface area contributed by atoms with Crippen molar-refractivity contribution in [3.05, 3.63) is 95.6 Å². The fourth-order valence-corrected chi connectivity index (χ4v) is 4.54. The van der Waals surface area contributed by atoms with E-state index in [1.807, 2.05) is 68.4 Å². The van der Waals surface area contributed by atoms with E-state index in [-0.39, 0.29) is 31.5 Å². The summed E-state index contributed by atoms with van der Waals surface area (Å²) in [5.41, 5.74) is 4.88. The molecule has 7 nitrogen and oxygen atoms in total. The SMILES string of the molecule is CC(C)C[C@@H](C(=O)O)N(C(=O)OCc1ccccc1)C(=O)OCC1c2ccccc2-c2ccccc21. The summed E-state index contributed by atoms with van der Waals surface area (Å²) in [5.74, 6) is -1.61. The number of rotatable bonds is 8. The number of nitrogens with zero attached hydrogens (tertiary/aromatic N) is 1. The van der Waals surface area contributed by atoms with Gasteiger partial charge in [0.15, 0.2) is 0 Å². The second kappa shape index (κ2) is 11.1. The van der Waals surface area contributed by atoms with Gasteiger partial charge in [-0.1, -0.05) is 92.7 Å². The molecular formula is C29H29NO6. The monoisotopic (exact) mass is 487 g/mol. The van der Waals surface area contributed by atoms with Crippen LogP contribution in [0.2, 0.25) is 0 Å². The zero-order chi connectivity index (χ0) is 25.7. The largest absolute Gasteiger partial charge is 0.480 e. The van der Waals surface area contributed by atoms with Crippen LogP contribution in [-0.4, -0.2) is 40.8 Å². The summed E-state index contributed by atoms with van der Waals surface area (Å²) in [6.07, 6.45) is -2.02. The molecule has 36 heavy (non-hydrogen) atoms. The minimum absolute atomic E-state index is 0.0384. The number of amides is 2. The van der Waals surface area contributed by atoms with Crippen LogP contribution in [0.25, 0.3) is 11.1 Å². The van der Waals surface area contributed by atoms with Crippen LogP contribution in [-0.2, 0) is 20.9 Å². The normalized spacial score (nSPS) is 13.0. The van der Waals surface area contributed by atoms with Crippen molar-refractivity contribution >= 4 is 18.2 Å². The quantitative estimate of drug-likeness (QED) is 0.414. The van der Waals surface area contributed by atoms with Gasteiger partial charge >= 0.3 is 18.2 Å². The summed E-state index contributed by atoms with van der Waals surface area (Å²) >= 11 is 0. The molecule has 0 bridgehead atoms. The number of carbonyl (C=O) groups is 3. The molecule has 0 saturated heterocycles. The highest BCUT2D eigenvalue weighted by Crippen LogP contribution is 2.44. The average molecular weight is 488 g/mol. The van der Waals surface area contributed by atoms with E-state index in [1.54, 1.807) is 24.3 Å². The molecule has 0 heterocycles. The van der Waals surface area contributed by atoms with Gasteiger partial charge in [0.1, 0.15) is 19.3 Å². The Balaban J connectivity index is 1.55. The van der Waals surface area contributed by atoms with Crippen LogP contribution in [0.15, 0.2) is 78.9 Å². The van der Waals surface area contributed by atoms with E-state index in [1.165, 1.54) is 0 Å². The molecular weight excluding hydrogens is 458 g/mol. The standard InChI is InChI=1S/C29H29NO6/c1-19(2)16-26(27(31)32)30(28(33)35-17-20-10-4-3-5-11-20)29(34)36-18-25-23-14-8-6-12-21(23)22-13-7-9-15-24(22)25/h3-15,19,25-26H,16-18H2,1-2H3,(H,31,32)/t26-/m0/s1. The maximum Gasteiger partial charge on any atom is 0.420 e. The molecule has 0 spiro atoms. The number of carboxylic acid groups (broad SMARTS) is 1. The summed E-state index contributed by atoms with van der Waals surface area (Å²) in [6.45, 7) is 3.51. The topological polar surface area (TPSA) is 93.1 Å². The molecule has 2 amide bonds. The predicted molar refractivity (Wildman–Crippen MR) is 134 cm³/mol. The number of aliphatic carboxylic acids is 1. The van der Waals surface area contributed by atoms with E-state index in [0.29, 0.717) is 10.5 Å². The van der Waals surface area contributed by atoms with Crippen LogP contribution < -0.4 is 0 Å². The number of carbonyl (C=O) groups excluding carboxylic acids is 2. The molecule has 4 rings (SSSR count). The first-order valence-electron chi connectivity index (χ1n) is 11.9. The van der Waals surface area contributed by atoms with Gasteiger partial charge in [0.25, 0.3) is 0 Å². The average Bonchev–Trinajstić information content (AvgIpc) is 3.20. The number of hydrogen-bond donors (Lipinski definition) is 1.